The largest absolute Gasteiger partial charge is 0.365 e. The molecule has 0 saturated carbocycles. The smallest absolute Gasteiger partial charge is 0.257 e. The molecule has 0 spiro atoms. The highest BCUT2D eigenvalue weighted by Crippen LogP contribution is 2.29. The number of benzene rings is 1. The SMILES string of the molecule is Cc1cc(N2CCOC(C(=O)N3CCc4ccccc43)C2)n2nccc2n1. The summed E-state index contributed by atoms with van der Waals surface area (Å²) in [5, 5.41) is 4.39. The van der Waals surface area contributed by atoms with Crippen LogP contribution in [-0.4, -0.2) is 52.9 Å². The first-order chi connectivity index (χ1) is 13.2. The van der Waals surface area contributed by atoms with Gasteiger partial charge < -0.3 is 14.5 Å². The van der Waals surface area contributed by atoms with Gasteiger partial charge >= 0.3 is 0 Å². The Morgan fingerprint density at radius 3 is 3.04 bits per heavy atom. The van der Waals surface area contributed by atoms with Gasteiger partial charge in [0.1, 0.15) is 5.82 Å². The van der Waals surface area contributed by atoms with Crippen LogP contribution in [0.1, 0.15) is 11.3 Å². The molecular weight excluding hydrogens is 342 g/mol. The first-order valence-electron chi connectivity index (χ1n) is 9.28. The third kappa shape index (κ3) is 2.75. The van der Waals surface area contributed by atoms with Crippen LogP contribution < -0.4 is 9.80 Å². The molecule has 0 aliphatic carbocycles. The average molecular weight is 363 g/mol. The molecule has 2 aliphatic heterocycles. The predicted octanol–water partition coefficient (Wildman–Crippen LogP) is 1.83. The summed E-state index contributed by atoms with van der Waals surface area (Å²) in [7, 11) is 0. The Balaban J connectivity index is 1.41. The number of para-hydroxylation sites is 1. The molecule has 4 heterocycles. The van der Waals surface area contributed by atoms with Gasteiger partial charge in [0.15, 0.2) is 11.8 Å². The summed E-state index contributed by atoms with van der Waals surface area (Å²) in [6, 6.07) is 12.0. The van der Waals surface area contributed by atoms with Gasteiger partial charge in [0.25, 0.3) is 5.91 Å². The summed E-state index contributed by atoms with van der Waals surface area (Å²) in [5.74, 6) is 0.984. The van der Waals surface area contributed by atoms with Crippen molar-refractivity contribution in [3.05, 3.63) is 53.9 Å². The van der Waals surface area contributed by atoms with Crippen LogP contribution in [0.5, 0.6) is 0 Å². The van der Waals surface area contributed by atoms with Gasteiger partial charge in [-0.25, -0.2) is 4.98 Å². The number of carbonyl (C=O) groups excluding carboxylic acids is 1. The molecule has 5 rings (SSSR count). The zero-order chi connectivity index (χ0) is 18.4. The van der Waals surface area contributed by atoms with E-state index < -0.39 is 6.10 Å². The van der Waals surface area contributed by atoms with E-state index >= 15 is 0 Å². The van der Waals surface area contributed by atoms with Crippen LogP contribution in [0, 0.1) is 6.92 Å². The summed E-state index contributed by atoms with van der Waals surface area (Å²) < 4.78 is 7.69. The second-order valence-corrected chi connectivity index (χ2v) is 7.03. The lowest BCUT2D eigenvalue weighted by Gasteiger charge is -2.35. The van der Waals surface area contributed by atoms with Crippen LogP contribution in [0.4, 0.5) is 11.5 Å². The zero-order valence-electron chi connectivity index (χ0n) is 15.2. The monoisotopic (exact) mass is 363 g/mol. The minimum atomic E-state index is -0.482. The number of aromatic nitrogens is 3. The van der Waals surface area contributed by atoms with Crippen molar-refractivity contribution in [3.63, 3.8) is 0 Å². The molecule has 7 heteroatoms. The Bertz CT molecular complexity index is 1010. The highest BCUT2D eigenvalue weighted by molar-refractivity contribution is 5.98. The molecule has 0 N–H and O–H groups in total. The van der Waals surface area contributed by atoms with Crippen LogP contribution in [-0.2, 0) is 16.0 Å². The number of hydrogen-bond donors (Lipinski definition) is 0. The lowest BCUT2D eigenvalue weighted by molar-refractivity contribution is -0.130. The molecular formula is C20H21N5O2. The molecule has 2 aliphatic rings. The zero-order valence-corrected chi connectivity index (χ0v) is 15.2. The maximum absolute atomic E-state index is 13.2. The minimum absolute atomic E-state index is 0.0344. The van der Waals surface area contributed by atoms with Crippen molar-refractivity contribution in [1.29, 1.82) is 0 Å². The number of hydrogen-bond acceptors (Lipinski definition) is 5. The summed E-state index contributed by atoms with van der Waals surface area (Å²) in [6.45, 7) is 4.43. The standard InChI is InChI=1S/C20H21N5O2/c1-14-12-19(25-18(22-14)6-8-21-25)23-10-11-27-17(13-23)20(26)24-9-7-15-4-2-3-5-16(15)24/h2-6,8,12,17H,7,9-11,13H2,1H3. The second kappa shape index (κ2) is 6.35. The fourth-order valence-electron chi connectivity index (χ4n) is 3.99. The summed E-state index contributed by atoms with van der Waals surface area (Å²) >= 11 is 0. The van der Waals surface area contributed by atoms with Gasteiger partial charge in [0, 0.05) is 36.6 Å². The number of amides is 1. The van der Waals surface area contributed by atoms with E-state index in [0.29, 0.717) is 13.2 Å². The molecule has 1 saturated heterocycles. The van der Waals surface area contributed by atoms with E-state index in [1.165, 1.54) is 5.56 Å². The quantitative estimate of drug-likeness (QED) is 0.695. The summed E-state index contributed by atoms with van der Waals surface area (Å²) in [5.41, 5.74) is 3.98. The normalized spacial score (nSPS) is 19.5. The topological polar surface area (TPSA) is 63.0 Å². The van der Waals surface area contributed by atoms with Crippen LogP contribution >= 0.6 is 0 Å². The Kier molecular flexibility index (Phi) is 3.82. The number of carbonyl (C=O) groups is 1. The highest BCUT2D eigenvalue weighted by atomic mass is 16.5. The Hall–Kier alpha value is -2.93. The second-order valence-electron chi connectivity index (χ2n) is 7.03. The fourth-order valence-corrected chi connectivity index (χ4v) is 3.99. The van der Waals surface area contributed by atoms with Gasteiger partial charge in [0.2, 0.25) is 0 Å². The van der Waals surface area contributed by atoms with Crippen LogP contribution in [0.25, 0.3) is 5.65 Å². The maximum atomic E-state index is 13.2. The van der Waals surface area contributed by atoms with Gasteiger partial charge in [-0.1, -0.05) is 18.2 Å². The van der Waals surface area contributed by atoms with Crippen molar-refractivity contribution in [2.24, 2.45) is 0 Å². The first-order valence-corrected chi connectivity index (χ1v) is 9.28. The van der Waals surface area contributed by atoms with E-state index in [2.05, 4.69) is 21.0 Å². The van der Waals surface area contributed by atoms with E-state index in [0.717, 1.165) is 42.4 Å². The minimum Gasteiger partial charge on any atom is -0.365 e. The maximum Gasteiger partial charge on any atom is 0.257 e. The number of aryl methyl sites for hydroxylation is 1. The van der Waals surface area contributed by atoms with Crippen LogP contribution in [0.2, 0.25) is 0 Å². The molecule has 138 valence electrons. The van der Waals surface area contributed by atoms with Gasteiger partial charge in [-0.3, -0.25) is 4.79 Å². The molecule has 1 aromatic carbocycles. The van der Waals surface area contributed by atoms with Crippen molar-refractivity contribution in [2.45, 2.75) is 19.4 Å². The molecule has 1 atom stereocenters. The Morgan fingerprint density at radius 1 is 1.22 bits per heavy atom. The summed E-state index contributed by atoms with van der Waals surface area (Å²) in [4.78, 5) is 21.7. The molecule has 27 heavy (non-hydrogen) atoms. The lowest BCUT2D eigenvalue weighted by Crippen LogP contribution is -2.51. The van der Waals surface area contributed by atoms with Crippen LogP contribution in [0.3, 0.4) is 0 Å². The molecule has 0 radical (unpaired) electrons. The van der Waals surface area contributed by atoms with Crippen molar-refractivity contribution in [1.82, 2.24) is 14.6 Å². The van der Waals surface area contributed by atoms with Crippen molar-refractivity contribution in [2.75, 3.05) is 36.0 Å². The van der Waals surface area contributed by atoms with E-state index in [4.69, 9.17) is 4.74 Å². The molecule has 0 bridgehead atoms. The molecule has 7 nitrogen and oxygen atoms in total. The Labute approximate surface area is 157 Å². The molecule has 1 amide bonds. The van der Waals surface area contributed by atoms with Crippen molar-refractivity contribution < 1.29 is 9.53 Å². The number of rotatable bonds is 2. The van der Waals surface area contributed by atoms with Gasteiger partial charge in [-0.05, 0) is 25.0 Å². The van der Waals surface area contributed by atoms with Crippen LogP contribution in [0.15, 0.2) is 42.6 Å². The predicted molar refractivity (Wildman–Crippen MR) is 102 cm³/mol. The third-order valence-electron chi connectivity index (χ3n) is 5.29. The van der Waals surface area contributed by atoms with E-state index in [1.807, 2.05) is 46.7 Å². The fraction of sp³-hybridized carbons (Fsp3) is 0.350. The van der Waals surface area contributed by atoms with Gasteiger partial charge in [-0.15, -0.1) is 0 Å². The van der Waals surface area contributed by atoms with E-state index in [1.54, 1.807) is 6.20 Å². The summed E-state index contributed by atoms with van der Waals surface area (Å²) in [6.07, 6.45) is 2.16. The lowest BCUT2D eigenvalue weighted by atomic mass is 10.2. The third-order valence-corrected chi connectivity index (χ3v) is 5.29. The molecule has 1 unspecified atom stereocenters. The number of anilines is 2. The van der Waals surface area contributed by atoms with Gasteiger partial charge in [-0.2, -0.15) is 9.61 Å². The van der Waals surface area contributed by atoms with E-state index in [-0.39, 0.29) is 5.91 Å². The average Bonchev–Trinajstić information content (AvgIpc) is 3.33. The Morgan fingerprint density at radius 2 is 2.11 bits per heavy atom. The number of fused-ring (bicyclic) bond motifs is 2. The van der Waals surface area contributed by atoms with E-state index in [9.17, 15) is 4.79 Å². The van der Waals surface area contributed by atoms with Crippen molar-refractivity contribution in [3.8, 4) is 0 Å². The molecule has 3 aromatic rings. The first kappa shape index (κ1) is 16.3. The molecule has 1 fully saturated rings. The number of nitrogens with zero attached hydrogens (tertiary/aromatic N) is 5. The number of ether oxygens (including phenoxy) is 1. The van der Waals surface area contributed by atoms with Gasteiger partial charge in [0.05, 0.1) is 19.3 Å². The molecule has 2 aromatic heterocycles. The van der Waals surface area contributed by atoms with Crippen molar-refractivity contribution >= 4 is 23.1 Å². The number of morpholine rings is 1. The highest BCUT2D eigenvalue weighted by Gasteiger charge is 2.34.